The van der Waals surface area contributed by atoms with Crippen molar-refractivity contribution in [2.45, 2.75) is 51.6 Å². The van der Waals surface area contributed by atoms with E-state index in [2.05, 4.69) is 13.2 Å². The predicted octanol–water partition coefficient (Wildman–Crippen LogP) is 4.45. The maximum atomic E-state index is 14.4. The second kappa shape index (κ2) is 8.10. The van der Waals surface area contributed by atoms with Crippen molar-refractivity contribution in [3.8, 4) is 5.75 Å². The molecule has 0 amide bonds. The molecular weight excluding hydrogens is 323 g/mol. The molecule has 0 saturated heterocycles. The Morgan fingerprint density at radius 2 is 1.64 bits per heavy atom. The fourth-order valence-electron chi connectivity index (χ4n) is 2.84. The quantitative estimate of drug-likeness (QED) is 0.449. The molecule has 1 aliphatic rings. The molecule has 0 heterocycles. The fourth-order valence-corrected chi connectivity index (χ4v) is 2.84. The number of hydrogen-bond donors (Lipinski definition) is 0. The summed E-state index contributed by atoms with van der Waals surface area (Å²) < 4.78 is 24.8. The van der Waals surface area contributed by atoms with Crippen LogP contribution < -0.4 is 4.74 Å². The van der Waals surface area contributed by atoms with Crippen LogP contribution in [0.1, 0.15) is 51.0 Å². The average molecular weight is 346 g/mol. The number of rotatable bonds is 5. The number of hydrogen-bond acceptors (Lipinski definition) is 4. The second-order valence-electron chi connectivity index (χ2n) is 6.51. The minimum atomic E-state index is -0.577. The van der Waals surface area contributed by atoms with Crippen molar-refractivity contribution >= 4 is 11.9 Å². The van der Waals surface area contributed by atoms with Crippen LogP contribution in [0.15, 0.2) is 42.5 Å². The lowest BCUT2D eigenvalue weighted by atomic mass is 9.82. The minimum absolute atomic E-state index is 0.0608. The molecule has 0 spiro atoms. The SMILES string of the molecule is C=C(C)C(=O)Oc1ccc(C2CCC(OC(=O)C(=C)C)CC2)c(F)c1. The van der Waals surface area contributed by atoms with Gasteiger partial charge in [-0.1, -0.05) is 19.2 Å². The number of esters is 2. The molecule has 1 fully saturated rings. The van der Waals surface area contributed by atoms with Crippen molar-refractivity contribution in [1.82, 2.24) is 0 Å². The summed E-state index contributed by atoms with van der Waals surface area (Å²) in [5, 5.41) is 0. The third-order valence-corrected chi connectivity index (χ3v) is 4.27. The molecule has 0 unspecified atom stereocenters. The number of ether oxygens (including phenoxy) is 2. The van der Waals surface area contributed by atoms with Crippen LogP contribution in [0.3, 0.4) is 0 Å². The van der Waals surface area contributed by atoms with E-state index in [0.29, 0.717) is 24.0 Å². The van der Waals surface area contributed by atoms with E-state index < -0.39 is 11.8 Å². The van der Waals surface area contributed by atoms with Gasteiger partial charge in [0.05, 0.1) is 0 Å². The van der Waals surface area contributed by atoms with Gasteiger partial charge in [0, 0.05) is 17.2 Å². The summed E-state index contributed by atoms with van der Waals surface area (Å²) in [7, 11) is 0. The van der Waals surface area contributed by atoms with Gasteiger partial charge >= 0.3 is 11.9 Å². The first-order valence-electron chi connectivity index (χ1n) is 8.31. The van der Waals surface area contributed by atoms with Gasteiger partial charge in [-0.3, -0.25) is 0 Å². The molecule has 1 aromatic carbocycles. The first kappa shape index (κ1) is 18.9. The van der Waals surface area contributed by atoms with E-state index in [-0.39, 0.29) is 29.3 Å². The highest BCUT2D eigenvalue weighted by Gasteiger charge is 2.27. The van der Waals surface area contributed by atoms with E-state index in [4.69, 9.17) is 9.47 Å². The highest BCUT2D eigenvalue weighted by Crippen LogP contribution is 2.36. The van der Waals surface area contributed by atoms with Crippen molar-refractivity contribution in [2.75, 3.05) is 0 Å². The zero-order chi connectivity index (χ0) is 18.6. The minimum Gasteiger partial charge on any atom is -0.459 e. The topological polar surface area (TPSA) is 52.6 Å². The molecular formula is C20H23FO4. The Kier molecular flexibility index (Phi) is 6.12. The van der Waals surface area contributed by atoms with Crippen LogP contribution in [0.25, 0.3) is 0 Å². The van der Waals surface area contributed by atoms with Gasteiger partial charge in [0.2, 0.25) is 0 Å². The van der Waals surface area contributed by atoms with Crippen LogP contribution in [0.2, 0.25) is 0 Å². The Morgan fingerprint density at radius 1 is 1.04 bits per heavy atom. The highest BCUT2D eigenvalue weighted by molar-refractivity contribution is 5.88. The van der Waals surface area contributed by atoms with Gasteiger partial charge < -0.3 is 9.47 Å². The third-order valence-electron chi connectivity index (χ3n) is 4.27. The monoisotopic (exact) mass is 346 g/mol. The van der Waals surface area contributed by atoms with Crippen LogP contribution in [-0.4, -0.2) is 18.0 Å². The van der Waals surface area contributed by atoms with Crippen molar-refractivity contribution in [1.29, 1.82) is 0 Å². The largest absolute Gasteiger partial charge is 0.459 e. The summed E-state index contributed by atoms with van der Waals surface area (Å²) in [6.45, 7) is 10.2. The highest BCUT2D eigenvalue weighted by atomic mass is 19.1. The molecule has 0 N–H and O–H groups in total. The first-order chi connectivity index (χ1) is 11.8. The second-order valence-corrected chi connectivity index (χ2v) is 6.51. The molecule has 1 aliphatic carbocycles. The van der Waals surface area contributed by atoms with E-state index in [0.717, 1.165) is 12.8 Å². The maximum Gasteiger partial charge on any atom is 0.338 e. The van der Waals surface area contributed by atoms with Gasteiger partial charge in [-0.15, -0.1) is 0 Å². The van der Waals surface area contributed by atoms with E-state index in [1.165, 1.54) is 13.0 Å². The lowest BCUT2D eigenvalue weighted by Gasteiger charge is -2.29. The number of carbonyl (C=O) groups excluding carboxylic acids is 2. The molecule has 1 saturated carbocycles. The van der Waals surface area contributed by atoms with Gasteiger partial charge in [0.1, 0.15) is 17.7 Å². The molecule has 5 heteroatoms. The zero-order valence-electron chi connectivity index (χ0n) is 14.6. The molecule has 0 aliphatic heterocycles. The number of halogens is 1. The van der Waals surface area contributed by atoms with Crippen LogP contribution in [0, 0.1) is 5.82 Å². The molecule has 134 valence electrons. The standard InChI is InChI=1S/C20H23FO4/c1-12(2)19(22)24-15-7-5-14(6-8-15)17-10-9-16(11-18(17)21)25-20(23)13(3)4/h9-11,14-15H,1,3,5-8H2,2,4H3. The van der Waals surface area contributed by atoms with Gasteiger partial charge in [0.25, 0.3) is 0 Å². The van der Waals surface area contributed by atoms with E-state index in [1.807, 2.05) is 0 Å². The molecule has 4 nitrogen and oxygen atoms in total. The first-order valence-corrected chi connectivity index (χ1v) is 8.31. The molecule has 0 radical (unpaired) electrons. The summed E-state index contributed by atoms with van der Waals surface area (Å²) in [5.74, 6) is -1.12. The Bertz CT molecular complexity index is 700. The zero-order valence-corrected chi connectivity index (χ0v) is 14.6. The fraction of sp³-hybridized carbons (Fsp3) is 0.400. The molecule has 0 bridgehead atoms. The molecule has 2 rings (SSSR count). The number of benzene rings is 1. The van der Waals surface area contributed by atoms with Crippen LogP contribution in [-0.2, 0) is 14.3 Å². The average Bonchev–Trinajstić information content (AvgIpc) is 2.55. The maximum absolute atomic E-state index is 14.4. The normalized spacial score (nSPS) is 19.8. The third kappa shape index (κ3) is 5.02. The summed E-state index contributed by atoms with van der Waals surface area (Å²) >= 11 is 0. The lowest BCUT2D eigenvalue weighted by Crippen LogP contribution is -2.24. The Labute approximate surface area is 147 Å². The Morgan fingerprint density at radius 3 is 2.16 bits per heavy atom. The molecule has 1 aromatic rings. The Hall–Kier alpha value is -2.43. The van der Waals surface area contributed by atoms with Crippen molar-refractivity contribution in [3.05, 3.63) is 53.9 Å². The molecule has 0 atom stereocenters. The molecule has 25 heavy (non-hydrogen) atoms. The van der Waals surface area contributed by atoms with Gasteiger partial charge in [-0.05, 0) is 57.1 Å². The lowest BCUT2D eigenvalue weighted by molar-refractivity contribution is -0.145. The van der Waals surface area contributed by atoms with Crippen molar-refractivity contribution < 1.29 is 23.5 Å². The summed E-state index contributed by atoms with van der Waals surface area (Å²) in [5.41, 5.74) is 1.24. The van der Waals surface area contributed by atoms with Gasteiger partial charge in [-0.25, -0.2) is 14.0 Å². The van der Waals surface area contributed by atoms with Crippen LogP contribution >= 0.6 is 0 Å². The summed E-state index contributed by atoms with van der Waals surface area (Å²) in [6, 6.07) is 4.47. The smallest absolute Gasteiger partial charge is 0.338 e. The van der Waals surface area contributed by atoms with E-state index >= 15 is 0 Å². The Balaban J connectivity index is 1.97. The van der Waals surface area contributed by atoms with Crippen LogP contribution in [0.5, 0.6) is 5.75 Å². The summed E-state index contributed by atoms with van der Waals surface area (Å²) in [6.07, 6.45) is 2.70. The van der Waals surface area contributed by atoms with Crippen LogP contribution in [0.4, 0.5) is 4.39 Å². The van der Waals surface area contributed by atoms with Crippen molar-refractivity contribution in [3.63, 3.8) is 0 Å². The van der Waals surface area contributed by atoms with Gasteiger partial charge in [-0.2, -0.15) is 0 Å². The van der Waals surface area contributed by atoms with Gasteiger partial charge in [0.15, 0.2) is 0 Å². The molecule has 0 aromatic heterocycles. The van der Waals surface area contributed by atoms with E-state index in [9.17, 15) is 14.0 Å². The summed E-state index contributed by atoms with van der Waals surface area (Å²) in [4.78, 5) is 23.1. The number of carbonyl (C=O) groups is 2. The van der Waals surface area contributed by atoms with Crippen molar-refractivity contribution in [2.24, 2.45) is 0 Å². The predicted molar refractivity (Wildman–Crippen MR) is 92.8 cm³/mol. The van der Waals surface area contributed by atoms with E-state index in [1.54, 1.807) is 19.1 Å².